The Morgan fingerprint density at radius 3 is 2.64 bits per heavy atom. The Labute approximate surface area is 168 Å². The molecular weight excluding hydrogens is 376 g/mol. The van der Waals surface area contributed by atoms with Gasteiger partial charge in [0.25, 0.3) is 5.56 Å². The van der Waals surface area contributed by atoms with Crippen LogP contribution >= 0.6 is 11.6 Å². The van der Waals surface area contributed by atoms with Crippen molar-refractivity contribution in [3.05, 3.63) is 69.7 Å². The van der Waals surface area contributed by atoms with Crippen LogP contribution in [0.3, 0.4) is 0 Å². The van der Waals surface area contributed by atoms with Gasteiger partial charge in [-0.25, -0.2) is 4.98 Å². The number of piperazine rings is 1. The molecule has 0 radical (unpaired) electrons. The van der Waals surface area contributed by atoms with Gasteiger partial charge >= 0.3 is 0 Å². The Bertz CT molecular complexity index is 1090. The van der Waals surface area contributed by atoms with Gasteiger partial charge in [0.05, 0.1) is 17.2 Å². The normalized spacial score (nSPS) is 14.5. The second-order valence-corrected chi connectivity index (χ2v) is 7.48. The zero-order valence-electron chi connectivity index (χ0n) is 15.6. The summed E-state index contributed by atoms with van der Waals surface area (Å²) in [6, 6.07) is 13.4. The number of hydrogen-bond acceptors (Lipinski definition) is 4. The van der Waals surface area contributed by atoms with Gasteiger partial charge in [-0.05, 0) is 42.8 Å². The topological polar surface area (TPSA) is 58.4 Å². The van der Waals surface area contributed by atoms with E-state index in [0.717, 1.165) is 13.1 Å². The van der Waals surface area contributed by atoms with Gasteiger partial charge in [0.15, 0.2) is 0 Å². The lowest BCUT2D eigenvalue weighted by Crippen LogP contribution is -2.50. The van der Waals surface area contributed by atoms with E-state index in [1.54, 1.807) is 23.1 Å². The van der Waals surface area contributed by atoms with Crippen LogP contribution in [0, 0.1) is 6.92 Å². The molecule has 0 unspecified atom stereocenters. The minimum atomic E-state index is -0.251. The molecule has 0 spiro atoms. The maximum Gasteiger partial charge on any atom is 0.261 e. The number of aryl methyl sites for hydroxylation is 1. The Morgan fingerprint density at radius 1 is 1.11 bits per heavy atom. The third-order valence-electron chi connectivity index (χ3n) is 5.09. The van der Waals surface area contributed by atoms with Crippen LogP contribution in [-0.2, 0) is 11.3 Å². The molecule has 1 aromatic heterocycles. The molecule has 0 bridgehead atoms. The molecule has 1 aliphatic heterocycles. The van der Waals surface area contributed by atoms with Crippen molar-refractivity contribution in [1.82, 2.24) is 14.5 Å². The Balaban J connectivity index is 1.44. The monoisotopic (exact) mass is 396 g/mol. The summed E-state index contributed by atoms with van der Waals surface area (Å²) in [5.74, 6) is -0.0748. The Morgan fingerprint density at radius 2 is 1.89 bits per heavy atom. The van der Waals surface area contributed by atoms with Crippen LogP contribution in [0.25, 0.3) is 10.9 Å². The van der Waals surface area contributed by atoms with E-state index in [9.17, 15) is 9.59 Å². The fraction of sp³-hybridized carbons (Fsp3) is 0.286. The lowest BCUT2D eigenvalue weighted by atomic mass is 10.2. The predicted molar refractivity (Wildman–Crippen MR) is 111 cm³/mol. The number of aromatic nitrogens is 2. The number of benzene rings is 2. The molecule has 0 atom stereocenters. The quantitative estimate of drug-likeness (QED) is 0.683. The van der Waals surface area contributed by atoms with Crippen molar-refractivity contribution in [2.24, 2.45) is 0 Å². The largest absolute Gasteiger partial charge is 0.368 e. The number of halogens is 1. The highest BCUT2D eigenvalue weighted by molar-refractivity contribution is 6.31. The highest BCUT2D eigenvalue weighted by Gasteiger charge is 2.22. The van der Waals surface area contributed by atoms with Crippen LogP contribution in [0.1, 0.15) is 5.56 Å². The van der Waals surface area contributed by atoms with E-state index in [2.05, 4.69) is 35.0 Å². The number of anilines is 1. The average molecular weight is 397 g/mol. The molecule has 144 valence electrons. The predicted octanol–water partition coefficient (Wildman–Crippen LogP) is 2.71. The van der Waals surface area contributed by atoms with E-state index in [0.29, 0.717) is 29.0 Å². The number of nitrogens with zero attached hydrogens (tertiary/aromatic N) is 4. The van der Waals surface area contributed by atoms with Crippen molar-refractivity contribution in [2.45, 2.75) is 13.5 Å². The summed E-state index contributed by atoms with van der Waals surface area (Å²) in [5.41, 5.74) is 2.72. The number of carbonyl (C=O) groups is 1. The molecule has 2 heterocycles. The Kier molecular flexibility index (Phi) is 5.05. The molecule has 4 rings (SSSR count). The van der Waals surface area contributed by atoms with E-state index >= 15 is 0 Å². The van der Waals surface area contributed by atoms with Gasteiger partial charge < -0.3 is 9.80 Å². The highest BCUT2D eigenvalue weighted by Crippen LogP contribution is 2.18. The average Bonchev–Trinajstić information content (AvgIpc) is 2.70. The van der Waals surface area contributed by atoms with E-state index < -0.39 is 0 Å². The van der Waals surface area contributed by atoms with Crippen LogP contribution in [0.5, 0.6) is 0 Å². The zero-order chi connectivity index (χ0) is 19.7. The summed E-state index contributed by atoms with van der Waals surface area (Å²) < 4.78 is 1.36. The van der Waals surface area contributed by atoms with Gasteiger partial charge in [0, 0.05) is 36.9 Å². The SMILES string of the molecule is Cc1cccc(N2CCN(C(=O)Cn3cnc4ccc(Cl)cc4c3=O)CC2)c1. The molecule has 1 amide bonds. The molecule has 0 aliphatic carbocycles. The lowest BCUT2D eigenvalue weighted by Gasteiger charge is -2.36. The second-order valence-electron chi connectivity index (χ2n) is 7.05. The van der Waals surface area contributed by atoms with Crippen LogP contribution in [0.15, 0.2) is 53.6 Å². The molecule has 28 heavy (non-hydrogen) atoms. The van der Waals surface area contributed by atoms with Gasteiger partial charge in [-0.1, -0.05) is 23.7 Å². The van der Waals surface area contributed by atoms with Crippen molar-refractivity contribution in [1.29, 1.82) is 0 Å². The van der Waals surface area contributed by atoms with Crippen LogP contribution in [-0.4, -0.2) is 46.5 Å². The van der Waals surface area contributed by atoms with Crippen LogP contribution < -0.4 is 10.5 Å². The first-order chi connectivity index (χ1) is 13.5. The van der Waals surface area contributed by atoms with E-state index in [4.69, 9.17) is 11.6 Å². The molecule has 7 heteroatoms. The van der Waals surface area contributed by atoms with Gasteiger partial charge in [0.1, 0.15) is 6.54 Å². The van der Waals surface area contributed by atoms with Crippen molar-refractivity contribution in [3.8, 4) is 0 Å². The molecule has 2 aromatic carbocycles. The first-order valence-corrected chi connectivity index (χ1v) is 9.63. The number of fused-ring (bicyclic) bond motifs is 1. The molecule has 1 fully saturated rings. The minimum absolute atomic E-state index is 0.0151. The zero-order valence-corrected chi connectivity index (χ0v) is 16.4. The highest BCUT2D eigenvalue weighted by atomic mass is 35.5. The first kappa shape index (κ1) is 18.5. The van der Waals surface area contributed by atoms with Gasteiger partial charge in [0.2, 0.25) is 5.91 Å². The first-order valence-electron chi connectivity index (χ1n) is 9.25. The summed E-state index contributed by atoms with van der Waals surface area (Å²) in [7, 11) is 0. The summed E-state index contributed by atoms with van der Waals surface area (Å²) >= 11 is 5.99. The van der Waals surface area contributed by atoms with Gasteiger partial charge in [-0.15, -0.1) is 0 Å². The molecule has 1 aliphatic rings. The van der Waals surface area contributed by atoms with Crippen LogP contribution in [0.2, 0.25) is 5.02 Å². The second kappa shape index (κ2) is 7.64. The van der Waals surface area contributed by atoms with Crippen LogP contribution in [0.4, 0.5) is 5.69 Å². The maximum absolute atomic E-state index is 12.7. The fourth-order valence-electron chi connectivity index (χ4n) is 3.53. The van der Waals surface area contributed by atoms with E-state index in [1.807, 2.05) is 6.07 Å². The number of rotatable bonds is 3. The molecule has 0 saturated carbocycles. The minimum Gasteiger partial charge on any atom is -0.368 e. The smallest absolute Gasteiger partial charge is 0.261 e. The molecule has 6 nitrogen and oxygen atoms in total. The lowest BCUT2D eigenvalue weighted by molar-refractivity contribution is -0.132. The van der Waals surface area contributed by atoms with Crippen molar-refractivity contribution >= 4 is 34.1 Å². The molecule has 1 saturated heterocycles. The standard InChI is InChI=1S/C21H21ClN4O2/c1-15-3-2-4-17(11-15)24-7-9-25(10-8-24)20(27)13-26-14-23-19-6-5-16(22)12-18(19)21(26)28/h2-6,11-12,14H,7-10,13H2,1H3. The summed E-state index contributed by atoms with van der Waals surface area (Å²) in [6.07, 6.45) is 1.43. The summed E-state index contributed by atoms with van der Waals surface area (Å²) in [5, 5.41) is 0.898. The Hall–Kier alpha value is -2.86. The summed E-state index contributed by atoms with van der Waals surface area (Å²) in [6.45, 7) is 4.87. The number of hydrogen-bond donors (Lipinski definition) is 0. The number of carbonyl (C=O) groups excluding carboxylic acids is 1. The number of amides is 1. The van der Waals surface area contributed by atoms with Crippen molar-refractivity contribution < 1.29 is 4.79 Å². The maximum atomic E-state index is 12.7. The summed E-state index contributed by atoms with van der Waals surface area (Å²) in [4.78, 5) is 33.7. The van der Waals surface area contributed by atoms with Gasteiger partial charge in [-0.2, -0.15) is 0 Å². The molecule has 3 aromatic rings. The van der Waals surface area contributed by atoms with E-state index in [-0.39, 0.29) is 18.0 Å². The van der Waals surface area contributed by atoms with E-state index in [1.165, 1.54) is 22.1 Å². The third kappa shape index (κ3) is 3.73. The molecular formula is C21H21ClN4O2. The van der Waals surface area contributed by atoms with Crippen molar-refractivity contribution in [2.75, 3.05) is 31.1 Å². The van der Waals surface area contributed by atoms with Gasteiger partial charge in [-0.3, -0.25) is 14.2 Å². The molecule has 0 N–H and O–H groups in total. The third-order valence-corrected chi connectivity index (χ3v) is 5.33. The fourth-order valence-corrected chi connectivity index (χ4v) is 3.70. The van der Waals surface area contributed by atoms with Crippen molar-refractivity contribution in [3.63, 3.8) is 0 Å².